The van der Waals surface area contributed by atoms with Crippen molar-refractivity contribution >= 4 is 22.8 Å². The van der Waals surface area contributed by atoms with Crippen LogP contribution in [0.5, 0.6) is 0 Å². The summed E-state index contributed by atoms with van der Waals surface area (Å²) in [7, 11) is 2.07. The number of rotatable bonds is 4. The molecule has 0 bridgehead atoms. The molecule has 1 saturated heterocycles. The van der Waals surface area contributed by atoms with Crippen LogP contribution < -0.4 is 4.90 Å². The molecule has 1 amide bonds. The molecule has 4 atom stereocenters. The van der Waals surface area contributed by atoms with E-state index in [1.807, 2.05) is 12.3 Å². The number of carbonyl (C=O) groups excluding carboxylic acids is 1. The average molecular weight is 315 g/mol. The molecule has 2 N–H and O–H groups in total. The van der Waals surface area contributed by atoms with Gasteiger partial charge in [-0.2, -0.15) is 0 Å². The summed E-state index contributed by atoms with van der Waals surface area (Å²) in [6.45, 7) is 3.39. The van der Waals surface area contributed by atoms with Gasteiger partial charge in [-0.15, -0.1) is 0 Å². The van der Waals surface area contributed by atoms with Gasteiger partial charge in [0.1, 0.15) is 24.4 Å². The van der Waals surface area contributed by atoms with Crippen LogP contribution in [0.1, 0.15) is 6.92 Å². The Morgan fingerprint density at radius 2 is 2.22 bits per heavy atom. The van der Waals surface area contributed by atoms with E-state index in [1.165, 1.54) is 0 Å². The SMILES string of the molecule is C[C@H]([C@H]1[C@@H]2CN(C(=O)CO)C[C@@H]21)N(C)c1ncnc2[nH]ccc12. The van der Waals surface area contributed by atoms with Crippen molar-refractivity contribution in [3.8, 4) is 0 Å². The summed E-state index contributed by atoms with van der Waals surface area (Å²) in [5.74, 6) is 2.46. The highest BCUT2D eigenvalue weighted by Gasteiger charge is 2.59. The van der Waals surface area contributed by atoms with Crippen LogP contribution in [-0.4, -0.2) is 63.7 Å². The standard InChI is InChI=1S/C16H21N5O2/c1-9(14-11-5-21(6-12(11)14)13(23)7-22)20(2)16-10-3-4-17-15(10)18-8-19-16/h3-4,8-9,11-12,14,22H,5-7H2,1-2H3,(H,17,18,19)/t9-,11-,12+,14+/m1/s1. The van der Waals surface area contributed by atoms with Gasteiger partial charge in [0, 0.05) is 32.4 Å². The summed E-state index contributed by atoms with van der Waals surface area (Å²) in [5.41, 5.74) is 0.852. The van der Waals surface area contributed by atoms with Gasteiger partial charge in [0.25, 0.3) is 0 Å². The fraction of sp³-hybridized carbons (Fsp3) is 0.562. The highest BCUT2D eigenvalue weighted by atomic mass is 16.3. The van der Waals surface area contributed by atoms with E-state index >= 15 is 0 Å². The number of aliphatic hydroxyl groups excluding tert-OH is 1. The molecule has 0 spiro atoms. The normalized spacial score (nSPS) is 27.1. The number of amides is 1. The van der Waals surface area contributed by atoms with Gasteiger partial charge in [-0.05, 0) is 30.7 Å². The predicted molar refractivity (Wildman–Crippen MR) is 85.9 cm³/mol. The van der Waals surface area contributed by atoms with Gasteiger partial charge in [0.15, 0.2) is 0 Å². The van der Waals surface area contributed by atoms with E-state index in [0.717, 1.165) is 29.9 Å². The summed E-state index contributed by atoms with van der Waals surface area (Å²) in [6.07, 6.45) is 3.47. The minimum absolute atomic E-state index is 0.151. The molecule has 1 aliphatic carbocycles. The monoisotopic (exact) mass is 315 g/mol. The first-order chi connectivity index (χ1) is 11.1. The zero-order chi connectivity index (χ0) is 16.1. The number of aliphatic hydroxyl groups is 1. The van der Waals surface area contributed by atoms with Crippen LogP contribution in [0.4, 0.5) is 5.82 Å². The highest BCUT2D eigenvalue weighted by molar-refractivity contribution is 5.87. The second kappa shape index (κ2) is 5.19. The smallest absolute Gasteiger partial charge is 0.248 e. The van der Waals surface area contributed by atoms with Crippen molar-refractivity contribution in [2.24, 2.45) is 17.8 Å². The van der Waals surface area contributed by atoms with Crippen molar-refractivity contribution in [1.29, 1.82) is 0 Å². The second-order valence-electron chi connectivity index (χ2n) is 6.65. The van der Waals surface area contributed by atoms with E-state index in [0.29, 0.717) is 23.8 Å². The molecule has 1 aliphatic heterocycles. The maximum Gasteiger partial charge on any atom is 0.248 e. The number of nitrogens with one attached hydrogen (secondary N) is 1. The van der Waals surface area contributed by atoms with Gasteiger partial charge in [0.05, 0.1) is 5.39 Å². The lowest BCUT2D eigenvalue weighted by Crippen LogP contribution is -2.38. The Bertz CT molecular complexity index is 733. The Hall–Kier alpha value is -2.15. The summed E-state index contributed by atoms with van der Waals surface area (Å²) in [5, 5.41) is 10.0. The number of aromatic amines is 1. The molecule has 0 radical (unpaired) electrons. The number of piperidine rings is 1. The van der Waals surface area contributed by atoms with Crippen molar-refractivity contribution in [3.05, 3.63) is 18.6 Å². The summed E-state index contributed by atoms with van der Waals surface area (Å²) < 4.78 is 0. The predicted octanol–water partition coefficient (Wildman–Crippen LogP) is 0.479. The van der Waals surface area contributed by atoms with Crippen LogP contribution in [0.25, 0.3) is 11.0 Å². The Kier molecular flexibility index (Phi) is 3.26. The molecule has 3 heterocycles. The van der Waals surface area contributed by atoms with E-state index in [2.05, 4.69) is 33.8 Å². The van der Waals surface area contributed by atoms with Gasteiger partial charge >= 0.3 is 0 Å². The third kappa shape index (κ3) is 2.18. The Morgan fingerprint density at radius 3 is 2.91 bits per heavy atom. The number of carbonyl (C=O) groups is 1. The van der Waals surface area contributed by atoms with E-state index in [4.69, 9.17) is 5.11 Å². The maximum absolute atomic E-state index is 11.6. The molecule has 0 aromatic carbocycles. The number of likely N-dealkylation sites (tertiary alicyclic amines) is 1. The van der Waals surface area contributed by atoms with E-state index in [-0.39, 0.29) is 12.5 Å². The number of H-pyrrole nitrogens is 1. The first kappa shape index (κ1) is 14.4. The van der Waals surface area contributed by atoms with Crippen molar-refractivity contribution in [2.45, 2.75) is 13.0 Å². The lowest BCUT2D eigenvalue weighted by molar-refractivity contribution is -0.133. The summed E-state index contributed by atoms with van der Waals surface area (Å²) in [6, 6.07) is 2.35. The number of fused-ring (bicyclic) bond motifs is 2. The first-order valence-corrected chi connectivity index (χ1v) is 8.01. The van der Waals surface area contributed by atoms with Crippen LogP contribution in [-0.2, 0) is 4.79 Å². The van der Waals surface area contributed by atoms with Gasteiger partial charge in [-0.25, -0.2) is 9.97 Å². The van der Waals surface area contributed by atoms with E-state index < -0.39 is 0 Å². The molecular weight excluding hydrogens is 294 g/mol. The van der Waals surface area contributed by atoms with Crippen molar-refractivity contribution < 1.29 is 9.90 Å². The molecule has 2 aromatic rings. The van der Waals surface area contributed by atoms with E-state index in [9.17, 15) is 4.79 Å². The highest BCUT2D eigenvalue weighted by Crippen LogP contribution is 2.54. The third-order valence-corrected chi connectivity index (χ3v) is 5.58. The zero-order valence-electron chi connectivity index (χ0n) is 13.3. The molecule has 4 rings (SSSR count). The fourth-order valence-electron chi connectivity index (χ4n) is 4.18. The minimum Gasteiger partial charge on any atom is -0.387 e. The van der Waals surface area contributed by atoms with Crippen LogP contribution in [0, 0.1) is 17.8 Å². The molecule has 122 valence electrons. The summed E-state index contributed by atoms with van der Waals surface area (Å²) in [4.78, 5) is 27.4. The van der Waals surface area contributed by atoms with Crippen molar-refractivity contribution in [3.63, 3.8) is 0 Å². The molecule has 0 unspecified atom stereocenters. The minimum atomic E-state index is -0.383. The molecule has 7 nitrogen and oxygen atoms in total. The number of nitrogens with zero attached hydrogens (tertiary/aromatic N) is 4. The first-order valence-electron chi connectivity index (χ1n) is 8.01. The number of hydrogen-bond donors (Lipinski definition) is 2. The Labute approximate surface area is 134 Å². The van der Waals surface area contributed by atoms with Gasteiger partial charge in [-0.1, -0.05) is 0 Å². The molecule has 23 heavy (non-hydrogen) atoms. The van der Waals surface area contributed by atoms with Crippen LogP contribution in [0.3, 0.4) is 0 Å². The molecule has 2 aromatic heterocycles. The number of anilines is 1. The number of hydrogen-bond acceptors (Lipinski definition) is 5. The zero-order valence-corrected chi connectivity index (χ0v) is 13.3. The Morgan fingerprint density at radius 1 is 1.48 bits per heavy atom. The quantitative estimate of drug-likeness (QED) is 0.857. The fourth-order valence-corrected chi connectivity index (χ4v) is 4.18. The van der Waals surface area contributed by atoms with Crippen LogP contribution >= 0.6 is 0 Å². The van der Waals surface area contributed by atoms with Crippen LogP contribution in [0.2, 0.25) is 0 Å². The van der Waals surface area contributed by atoms with Gasteiger partial charge in [0.2, 0.25) is 5.91 Å². The Balaban J connectivity index is 1.48. The summed E-state index contributed by atoms with van der Waals surface area (Å²) >= 11 is 0. The van der Waals surface area contributed by atoms with Gasteiger partial charge < -0.3 is 19.9 Å². The van der Waals surface area contributed by atoms with E-state index in [1.54, 1.807) is 11.2 Å². The largest absolute Gasteiger partial charge is 0.387 e. The van der Waals surface area contributed by atoms with Crippen molar-refractivity contribution in [2.75, 3.05) is 31.6 Å². The van der Waals surface area contributed by atoms with Crippen LogP contribution in [0.15, 0.2) is 18.6 Å². The molecular formula is C16H21N5O2. The molecule has 7 heteroatoms. The lowest BCUT2D eigenvalue weighted by Gasteiger charge is -2.29. The third-order valence-electron chi connectivity index (χ3n) is 5.58. The van der Waals surface area contributed by atoms with Crippen molar-refractivity contribution in [1.82, 2.24) is 19.9 Å². The number of aromatic nitrogens is 3. The average Bonchev–Trinajstić information content (AvgIpc) is 2.97. The molecule has 2 fully saturated rings. The maximum atomic E-state index is 11.6. The van der Waals surface area contributed by atoms with Gasteiger partial charge in [-0.3, -0.25) is 4.79 Å². The molecule has 1 saturated carbocycles. The molecule has 2 aliphatic rings. The topological polar surface area (TPSA) is 85.3 Å². The second-order valence-corrected chi connectivity index (χ2v) is 6.65. The lowest BCUT2D eigenvalue weighted by atomic mass is 10.1.